The molecule has 1 N–H and O–H groups in total. The highest BCUT2D eigenvalue weighted by Gasteiger charge is 2.28. The minimum atomic E-state index is -3.18. The second-order valence-electron chi connectivity index (χ2n) is 4.93. The molecule has 0 saturated carbocycles. The number of rotatable bonds is 1. The molecule has 2 unspecified atom stereocenters. The molecule has 0 aliphatic carbocycles. The highest BCUT2D eigenvalue weighted by atomic mass is 35.5. The second-order valence-corrected chi connectivity index (χ2v) is 7.90. The van der Waals surface area contributed by atoms with Crippen molar-refractivity contribution in [2.75, 3.05) is 18.1 Å². The van der Waals surface area contributed by atoms with Crippen molar-refractivity contribution < 1.29 is 12.8 Å². The summed E-state index contributed by atoms with van der Waals surface area (Å²) < 4.78 is 37.4. The predicted molar refractivity (Wildman–Crippen MR) is 75.0 cm³/mol. The van der Waals surface area contributed by atoms with E-state index in [4.69, 9.17) is 23.2 Å². The molecule has 0 radical (unpaired) electrons. The number of sulfone groups is 1. The van der Waals surface area contributed by atoms with E-state index in [1.807, 2.05) is 6.92 Å². The fourth-order valence-corrected chi connectivity index (χ4v) is 4.66. The van der Waals surface area contributed by atoms with Gasteiger partial charge in [-0.2, -0.15) is 0 Å². The molecule has 1 aliphatic rings. The zero-order valence-electron chi connectivity index (χ0n) is 10.3. The van der Waals surface area contributed by atoms with Crippen LogP contribution in [0.15, 0.2) is 12.1 Å². The van der Waals surface area contributed by atoms with Crippen LogP contribution >= 0.6 is 23.2 Å². The lowest BCUT2D eigenvalue weighted by molar-refractivity contribution is 0.515. The Kier molecular flexibility index (Phi) is 4.40. The maximum absolute atomic E-state index is 13.5. The predicted octanol–water partition coefficient (Wildman–Crippen LogP) is 2.83. The van der Waals surface area contributed by atoms with Crippen molar-refractivity contribution >= 4 is 33.0 Å². The molecule has 0 spiro atoms. The third-order valence-electron chi connectivity index (χ3n) is 3.09. The molecule has 0 amide bonds. The van der Waals surface area contributed by atoms with Crippen LogP contribution in [0.3, 0.4) is 0 Å². The summed E-state index contributed by atoms with van der Waals surface area (Å²) in [7, 11) is -3.18. The zero-order valence-corrected chi connectivity index (χ0v) is 12.6. The van der Waals surface area contributed by atoms with Crippen LogP contribution in [0.2, 0.25) is 10.0 Å². The lowest BCUT2D eigenvalue weighted by Gasteiger charge is -2.18. The third kappa shape index (κ3) is 3.60. The summed E-state index contributed by atoms with van der Waals surface area (Å²) in [6.45, 7) is 2.40. The van der Waals surface area contributed by atoms with E-state index in [1.165, 1.54) is 12.1 Å². The van der Waals surface area contributed by atoms with Gasteiger partial charge in [0.1, 0.15) is 5.82 Å². The van der Waals surface area contributed by atoms with Gasteiger partial charge in [0, 0.05) is 11.1 Å². The summed E-state index contributed by atoms with van der Waals surface area (Å²) in [5.41, 5.74) is 0.432. The molecule has 1 aliphatic heterocycles. The van der Waals surface area contributed by atoms with E-state index in [1.54, 1.807) is 0 Å². The summed E-state index contributed by atoms with van der Waals surface area (Å²) in [5.74, 6) is -0.536. The maximum Gasteiger partial charge on any atom is 0.152 e. The molecule has 2 rings (SSSR count). The van der Waals surface area contributed by atoms with Crippen molar-refractivity contribution in [2.24, 2.45) is 5.92 Å². The molecular weight excluding hydrogens is 312 g/mol. The fourth-order valence-electron chi connectivity index (χ4n) is 2.22. The van der Waals surface area contributed by atoms with E-state index in [0.29, 0.717) is 12.1 Å². The summed E-state index contributed by atoms with van der Waals surface area (Å²) in [6.07, 6.45) is 0. The normalized spacial score (nSPS) is 26.9. The fraction of sp³-hybridized carbons (Fsp3) is 0.500. The van der Waals surface area contributed by atoms with Crippen molar-refractivity contribution in [2.45, 2.75) is 13.0 Å². The highest BCUT2D eigenvalue weighted by molar-refractivity contribution is 7.91. The lowest BCUT2D eigenvalue weighted by Crippen LogP contribution is -2.26. The quantitative estimate of drug-likeness (QED) is 0.807. The molecule has 1 saturated heterocycles. The molecule has 106 valence electrons. The van der Waals surface area contributed by atoms with Crippen molar-refractivity contribution in [1.29, 1.82) is 0 Å². The van der Waals surface area contributed by atoms with Gasteiger partial charge in [0.2, 0.25) is 0 Å². The van der Waals surface area contributed by atoms with Crippen LogP contribution in [0.25, 0.3) is 0 Å². The number of nitrogens with one attached hydrogen (secondary N) is 1. The number of benzene rings is 1. The van der Waals surface area contributed by atoms with Gasteiger partial charge in [-0.05, 0) is 30.2 Å². The zero-order chi connectivity index (χ0) is 14.2. The van der Waals surface area contributed by atoms with Crippen molar-refractivity contribution in [3.05, 3.63) is 33.6 Å². The van der Waals surface area contributed by atoms with Crippen LogP contribution in [0, 0.1) is 11.7 Å². The third-order valence-corrected chi connectivity index (χ3v) is 5.62. The molecule has 2 atom stereocenters. The molecule has 0 bridgehead atoms. The van der Waals surface area contributed by atoms with Gasteiger partial charge in [0.05, 0.1) is 16.5 Å². The van der Waals surface area contributed by atoms with Gasteiger partial charge in [-0.25, -0.2) is 12.8 Å². The van der Waals surface area contributed by atoms with Crippen LogP contribution in [0.4, 0.5) is 4.39 Å². The Morgan fingerprint density at radius 2 is 1.95 bits per heavy atom. The Balaban J connectivity index is 2.38. The first-order chi connectivity index (χ1) is 8.78. The molecule has 19 heavy (non-hydrogen) atoms. The Bertz CT molecular complexity index is 592. The van der Waals surface area contributed by atoms with Gasteiger partial charge in [-0.15, -0.1) is 0 Å². The summed E-state index contributed by atoms with van der Waals surface area (Å²) in [6, 6.07) is 2.00. The van der Waals surface area contributed by atoms with E-state index >= 15 is 0 Å². The monoisotopic (exact) mass is 325 g/mol. The summed E-state index contributed by atoms with van der Waals surface area (Å²) >= 11 is 11.7. The smallest absolute Gasteiger partial charge is 0.152 e. The molecule has 0 aromatic heterocycles. The van der Waals surface area contributed by atoms with E-state index in [-0.39, 0.29) is 27.5 Å². The molecular formula is C12H14Cl2FNO2S. The van der Waals surface area contributed by atoms with Gasteiger partial charge in [0.25, 0.3) is 0 Å². The van der Waals surface area contributed by atoms with E-state index in [2.05, 4.69) is 5.32 Å². The molecule has 1 aromatic carbocycles. The van der Waals surface area contributed by atoms with Crippen LogP contribution in [0.5, 0.6) is 0 Å². The van der Waals surface area contributed by atoms with Gasteiger partial charge >= 0.3 is 0 Å². The standard InChI is InChI=1S/C12H14Cl2FNO2S/c1-7-4-16-12(6-19(17,18)5-7)8-2-11(15)10(14)3-9(8)13/h2-3,7,12,16H,4-6H2,1H3. The lowest BCUT2D eigenvalue weighted by atomic mass is 10.1. The maximum atomic E-state index is 13.5. The molecule has 7 heteroatoms. The Hall–Kier alpha value is -0.360. The topological polar surface area (TPSA) is 46.2 Å². The SMILES string of the molecule is CC1CNC(c2cc(F)c(Cl)cc2Cl)CS(=O)(=O)C1. The van der Waals surface area contributed by atoms with Crippen molar-refractivity contribution in [3.63, 3.8) is 0 Å². The summed E-state index contributed by atoms with van der Waals surface area (Å²) in [5, 5.41) is 3.32. The average molecular weight is 326 g/mol. The minimum Gasteiger partial charge on any atom is -0.309 e. The van der Waals surface area contributed by atoms with E-state index < -0.39 is 21.7 Å². The number of hydrogen-bond donors (Lipinski definition) is 1. The first kappa shape index (κ1) is 15.0. The molecule has 3 nitrogen and oxygen atoms in total. The molecule has 1 aromatic rings. The molecule has 1 fully saturated rings. The van der Waals surface area contributed by atoms with Crippen LogP contribution in [0.1, 0.15) is 18.5 Å². The number of hydrogen-bond acceptors (Lipinski definition) is 3. The highest BCUT2D eigenvalue weighted by Crippen LogP contribution is 2.30. The number of halogens is 3. The first-order valence-electron chi connectivity index (χ1n) is 5.87. The van der Waals surface area contributed by atoms with Gasteiger partial charge in [-0.3, -0.25) is 0 Å². The average Bonchev–Trinajstić information content (AvgIpc) is 2.41. The first-order valence-corrected chi connectivity index (χ1v) is 8.44. The van der Waals surface area contributed by atoms with Crippen molar-refractivity contribution in [3.8, 4) is 0 Å². The van der Waals surface area contributed by atoms with Crippen LogP contribution in [-0.2, 0) is 9.84 Å². The summed E-state index contributed by atoms with van der Waals surface area (Å²) in [4.78, 5) is 0. The Labute approximate surface area is 122 Å². The largest absolute Gasteiger partial charge is 0.309 e. The van der Waals surface area contributed by atoms with Gasteiger partial charge < -0.3 is 5.32 Å². The van der Waals surface area contributed by atoms with Crippen molar-refractivity contribution in [1.82, 2.24) is 5.32 Å². The van der Waals surface area contributed by atoms with Crippen LogP contribution < -0.4 is 5.32 Å². The Morgan fingerprint density at radius 3 is 2.63 bits per heavy atom. The van der Waals surface area contributed by atoms with Crippen LogP contribution in [-0.4, -0.2) is 26.5 Å². The second kappa shape index (κ2) is 5.56. The van der Waals surface area contributed by atoms with Gasteiger partial charge in [-0.1, -0.05) is 30.1 Å². The minimum absolute atomic E-state index is 0.0194. The van der Waals surface area contributed by atoms with Gasteiger partial charge in [0.15, 0.2) is 9.84 Å². The van der Waals surface area contributed by atoms with E-state index in [9.17, 15) is 12.8 Å². The molecule has 1 heterocycles. The van der Waals surface area contributed by atoms with E-state index in [0.717, 1.165) is 0 Å². The Morgan fingerprint density at radius 1 is 1.26 bits per heavy atom.